The maximum absolute atomic E-state index is 4.52. The van der Waals surface area contributed by atoms with Crippen LogP contribution in [0.3, 0.4) is 0 Å². The Morgan fingerprint density at radius 1 is 1.28 bits per heavy atom. The number of hydrogen-bond donors (Lipinski definition) is 1. The minimum Gasteiger partial charge on any atom is -0.353 e. The molecule has 0 saturated carbocycles. The molecule has 2 aromatic rings. The fraction of sp³-hybridized carbons (Fsp3) is 0.571. The number of anilines is 1. The van der Waals surface area contributed by atoms with Crippen LogP contribution in [0.25, 0.3) is 11.0 Å². The van der Waals surface area contributed by atoms with Gasteiger partial charge in [-0.05, 0) is 31.2 Å². The van der Waals surface area contributed by atoms with E-state index in [-0.39, 0.29) is 0 Å². The topological polar surface area (TPSA) is 44.8 Å². The number of aromatic amines is 1. The minimum atomic E-state index is 0.536. The van der Waals surface area contributed by atoms with Gasteiger partial charge in [0.25, 0.3) is 0 Å². The van der Waals surface area contributed by atoms with E-state index >= 15 is 0 Å². The van der Waals surface area contributed by atoms with Crippen LogP contribution in [-0.4, -0.2) is 27.5 Å². The summed E-state index contributed by atoms with van der Waals surface area (Å²) in [5, 5.41) is 1.13. The molecule has 96 valence electrons. The summed E-state index contributed by atoms with van der Waals surface area (Å²) in [6, 6.07) is 2.61. The van der Waals surface area contributed by atoms with Crippen molar-refractivity contribution in [2.24, 2.45) is 11.8 Å². The van der Waals surface area contributed by atoms with Crippen molar-refractivity contribution in [1.29, 1.82) is 0 Å². The first-order valence-electron chi connectivity index (χ1n) is 6.71. The van der Waals surface area contributed by atoms with Crippen molar-refractivity contribution in [3.05, 3.63) is 18.6 Å². The Hall–Kier alpha value is -1.58. The highest BCUT2D eigenvalue weighted by Gasteiger charge is 2.30. The maximum Gasteiger partial charge on any atom is 0.142 e. The van der Waals surface area contributed by atoms with Gasteiger partial charge in [0, 0.05) is 18.8 Å². The second-order valence-corrected chi connectivity index (χ2v) is 5.65. The van der Waals surface area contributed by atoms with Crippen molar-refractivity contribution < 1.29 is 0 Å². The summed E-state index contributed by atoms with van der Waals surface area (Å²) in [6.45, 7) is 8.05. The molecule has 3 rings (SSSR count). The lowest BCUT2D eigenvalue weighted by molar-refractivity contribution is 0.296. The van der Waals surface area contributed by atoms with Crippen molar-refractivity contribution in [3.63, 3.8) is 0 Å². The van der Waals surface area contributed by atoms with E-state index in [1.807, 2.05) is 6.20 Å². The Kier molecular flexibility index (Phi) is 2.73. The van der Waals surface area contributed by atoms with Gasteiger partial charge in [0.15, 0.2) is 0 Å². The zero-order valence-electron chi connectivity index (χ0n) is 11.2. The van der Waals surface area contributed by atoms with Crippen LogP contribution in [0.1, 0.15) is 27.2 Å². The van der Waals surface area contributed by atoms with E-state index in [9.17, 15) is 0 Å². The Bertz CT molecular complexity index is 547. The van der Waals surface area contributed by atoms with Crippen LogP contribution in [0.15, 0.2) is 18.6 Å². The van der Waals surface area contributed by atoms with Crippen LogP contribution >= 0.6 is 0 Å². The van der Waals surface area contributed by atoms with Gasteiger partial charge < -0.3 is 9.88 Å². The summed E-state index contributed by atoms with van der Waals surface area (Å²) in [5.41, 5.74) is 0.929. The number of H-pyrrole nitrogens is 1. The van der Waals surface area contributed by atoms with Gasteiger partial charge in [-0.3, -0.25) is 0 Å². The molecular formula is C14H20N4. The van der Waals surface area contributed by atoms with Crippen molar-refractivity contribution in [3.8, 4) is 0 Å². The Labute approximate surface area is 107 Å². The number of rotatable bonds is 1. The molecular weight excluding hydrogens is 224 g/mol. The smallest absolute Gasteiger partial charge is 0.142 e. The molecule has 1 aliphatic rings. The Balaban J connectivity index is 2.05. The number of hydrogen-bond acceptors (Lipinski definition) is 3. The zero-order chi connectivity index (χ0) is 12.7. The summed E-state index contributed by atoms with van der Waals surface area (Å²) >= 11 is 0. The maximum atomic E-state index is 4.52. The van der Waals surface area contributed by atoms with E-state index in [0.29, 0.717) is 12.0 Å². The van der Waals surface area contributed by atoms with Crippen LogP contribution in [0.4, 0.5) is 5.82 Å². The van der Waals surface area contributed by atoms with Crippen molar-refractivity contribution >= 4 is 16.9 Å². The SMILES string of the molecule is CC1CC(C)C(C)N(c2ncnc3[nH]ccc23)C1. The molecule has 4 heteroatoms. The van der Waals surface area contributed by atoms with Gasteiger partial charge in [-0.25, -0.2) is 9.97 Å². The highest BCUT2D eigenvalue weighted by atomic mass is 15.2. The second-order valence-electron chi connectivity index (χ2n) is 5.65. The quantitative estimate of drug-likeness (QED) is 0.839. The van der Waals surface area contributed by atoms with E-state index in [0.717, 1.165) is 29.3 Å². The first kappa shape index (κ1) is 11.5. The molecule has 4 nitrogen and oxygen atoms in total. The van der Waals surface area contributed by atoms with E-state index in [1.165, 1.54) is 6.42 Å². The van der Waals surface area contributed by atoms with Gasteiger partial charge >= 0.3 is 0 Å². The van der Waals surface area contributed by atoms with Gasteiger partial charge in [0.1, 0.15) is 17.8 Å². The predicted octanol–water partition coefficient (Wildman–Crippen LogP) is 2.83. The number of nitrogens with zero attached hydrogens (tertiary/aromatic N) is 3. The number of fused-ring (bicyclic) bond motifs is 1. The lowest BCUT2D eigenvalue weighted by Crippen LogP contribution is -2.46. The third-order valence-electron chi connectivity index (χ3n) is 4.20. The first-order chi connectivity index (χ1) is 8.66. The zero-order valence-corrected chi connectivity index (χ0v) is 11.2. The van der Waals surface area contributed by atoms with Crippen LogP contribution in [-0.2, 0) is 0 Å². The summed E-state index contributed by atoms with van der Waals surface area (Å²) < 4.78 is 0. The summed E-state index contributed by atoms with van der Waals surface area (Å²) in [4.78, 5) is 14.4. The van der Waals surface area contributed by atoms with Gasteiger partial charge in [-0.2, -0.15) is 0 Å². The fourth-order valence-corrected chi connectivity index (χ4v) is 3.08. The Morgan fingerprint density at radius 3 is 2.94 bits per heavy atom. The molecule has 18 heavy (non-hydrogen) atoms. The molecule has 1 N–H and O–H groups in total. The molecule has 0 bridgehead atoms. The lowest BCUT2D eigenvalue weighted by atomic mass is 9.86. The monoisotopic (exact) mass is 244 g/mol. The average molecular weight is 244 g/mol. The molecule has 1 saturated heterocycles. The van der Waals surface area contributed by atoms with Crippen molar-refractivity contribution in [2.75, 3.05) is 11.4 Å². The molecule has 3 unspecified atom stereocenters. The molecule has 3 atom stereocenters. The van der Waals surface area contributed by atoms with Gasteiger partial charge in [0.2, 0.25) is 0 Å². The molecule has 0 aromatic carbocycles. The van der Waals surface area contributed by atoms with Crippen LogP contribution in [0, 0.1) is 11.8 Å². The fourth-order valence-electron chi connectivity index (χ4n) is 3.08. The molecule has 0 aliphatic carbocycles. The van der Waals surface area contributed by atoms with Crippen molar-refractivity contribution in [2.45, 2.75) is 33.2 Å². The average Bonchev–Trinajstić information content (AvgIpc) is 2.81. The van der Waals surface area contributed by atoms with E-state index < -0.39 is 0 Å². The second kappa shape index (κ2) is 4.26. The number of nitrogens with one attached hydrogen (secondary N) is 1. The van der Waals surface area contributed by atoms with Gasteiger partial charge in [0.05, 0.1) is 5.39 Å². The van der Waals surface area contributed by atoms with Crippen LogP contribution < -0.4 is 4.90 Å². The molecule has 0 radical (unpaired) electrons. The molecule has 0 spiro atoms. The van der Waals surface area contributed by atoms with Gasteiger partial charge in [-0.1, -0.05) is 13.8 Å². The third-order valence-corrected chi connectivity index (χ3v) is 4.20. The largest absolute Gasteiger partial charge is 0.353 e. The molecule has 1 fully saturated rings. The van der Waals surface area contributed by atoms with Crippen LogP contribution in [0.5, 0.6) is 0 Å². The standard InChI is InChI=1S/C14H20N4/c1-9-6-10(2)11(3)18(7-9)14-12-4-5-15-13(12)16-8-17-14/h4-5,8-11H,6-7H2,1-3H3,(H,15,16,17). The van der Waals surface area contributed by atoms with Crippen molar-refractivity contribution in [1.82, 2.24) is 15.0 Å². The highest BCUT2D eigenvalue weighted by molar-refractivity contribution is 5.87. The van der Waals surface area contributed by atoms with E-state index in [1.54, 1.807) is 6.33 Å². The van der Waals surface area contributed by atoms with E-state index in [2.05, 4.69) is 46.7 Å². The summed E-state index contributed by atoms with van der Waals surface area (Å²) in [5.74, 6) is 2.50. The van der Waals surface area contributed by atoms with E-state index in [4.69, 9.17) is 0 Å². The van der Waals surface area contributed by atoms with Crippen LogP contribution in [0.2, 0.25) is 0 Å². The summed E-state index contributed by atoms with van der Waals surface area (Å²) in [7, 11) is 0. The Morgan fingerprint density at radius 2 is 2.11 bits per heavy atom. The third kappa shape index (κ3) is 1.76. The highest BCUT2D eigenvalue weighted by Crippen LogP contribution is 2.33. The first-order valence-corrected chi connectivity index (χ1v) is 6.71. The predicted molar refractivity (Wildman–Crippen MR) is 73.6 cm³/mol. The van der Waals surface area contributed by atoms with Gasteiger partial charge in [-0.15, -0.1) is 0 Å². The molecule has 3 heterocycles. The normalized spacial score (nSPS) is 28.8. The minimum absolute atomic E-state index is 0.536. The summed E-state index contributed by atoms with van der Waals surface area (Å²) in [6.07, 6.45) is 4.90. The molecule has 0 amide bonds. The molecule has 2 aromatic heterocycles. The lowest BCUT2D eigenvalue weighted by Gasteiger charge is -2.42. The number of aromatic nitrogens is 3. The number of piperidine rings is 1. The molecule has 1 aliphatic heterocycles.